The number of fused-ring (bicyclic) bond motifs is 1. The van der Waals surface area contributed by atoms with Crippen LogP contribution in [0.5, 0.6) is 5.75 Å². The maximum absolute atomic E-state index is 13.5. The van der Waals surface area contributed by atoms with E-state index in [9.17, 15) is 9.90 Å². The minimum atomic E-state index is -0.327. The van der Waals surface area contributed by atoms with Crippen LogP contribution in [0.4, 0.5) is 0 Å². The summed E-state index contributed by atoms with van der Waals surface area (Å²) in [6.45, 7) is 6.32. The standard InChI is InChI=1S/C26H24N4O2/c1-15-6-8-19(9-7-15)24-21-22(20-12-16(2)11-17(3)25(20)31)28-29-23(21)26(32)30(24)14-18-5-4-10-27-13-18/h4-13,24,31H,14H2,1-3H3,(H,28,29). The average molecular weight is 425 g/mol. The van der Waals surface area contributed by atoms with Gasteiger partial charge in [-0.15, -0.1) is 0 Å². The summed E-state index contributed by atoms with van der Waals surface area (Å²) in [5, 5.41) is 18.3. The Morgan fingerprint density at radius 1 is 1.06 bits per heavy atom. The number of rotatable bonds is 4. The Morgan fingerprint density at radius 2 is 1.84 bits per heavy atom. The fourth-order valence-corrected chi connectivity index (χ4v) is 4.49. The Balaban J connectivity index is 1.69. The van der Waals surface area contributed by atoms with Crippen LogP contribution >= 0.6 is 0 Å². The van der Waals surface area contributed by atoms with Gasteiger partial charge in [0, 0.05) is 30.1 Å². The summed E-state index contributed by atoms with van der Waals surface area (Å²) < 4.78 is 0. The van der Waals surface area contributed by atoms with Crippen LogP contribution in [0.15, 0.2) is 60.9 Å². The number of pyridine rings is 1. The van der Waals surface area contributed by atoms with E-state index in [0.717, 1.165) is 33.4 Å². The van der Waals surface area contributed by atoms with Crippen molar-refractivity contribution in [1.29, 1.82) is 0 Å². The van der Waals surface area contributed by atoms with E-state index in [4.69, 9.17) is 0 Å². The van der Waals surface area contributed by atoms with Crippen molar-refractivity contribution in [3.8, 4) is 17.0 Å². The Kier molecular flexibility index (Phi) is 4.78. The molecule has 0 aliphatic carbocycles. The summed E-state index contributed by atoms with van der Waals surface area (Å²) in [6.07, 6.45) is 3.50. The number of phenols is 1. The number of H-pyrrole nitrogens is 1. The largest absolute Gasteiger partial charge is 0.507 e. The quantitative estimate of drug-likeness (QED) is 0.491. The second kappa shape index (κ2) is 7.64. The molecule has 0 bridgehead atoms. The fourth-order valence-electron chi connectivity index (χ4n) is 4.49. The number of hydrogen-bond acceptors (Lipinski definition) is 4. The van der Waals surface area contributed by atoms with Gasteiger partial charge in [-0.1, -0.05) is 42.0 Å². The third-order valence-electron chi connectivity index (χ3n) is 6.03. The molecule has 1 aliphatic heterocycles. The molecule has 0 spiro atoms. The molecule has 0 fully saturated rings. The molecule has 1 amide bonds. The van der Waals surface area contributed by atoms with Crippen LogP contribution in [0, 0.1) is 20.8 Å². The number of carbonyl (C=O) groups excluding carboxylic acids is 1. The topological polar surface area (TPSA) is 82.1 Å². The molecular formula is C26H24N4O2. The van der Waals surface area contributed by atoms with Crippen LogP contribution in [0.1, 0.15) is 49.9 Å². The van der Waals surface area contributed by atoms with E-state index in [-0.39, 0.29) is 17.7 Å². The zero-order valence-corrected chi connectivity index (χ0v) is 18.3. The van der Waals surface area contributed by atoms with Gasteiger partial charge in [-0.3, -0.25) is 14.9 Å². The fraction of sp³-hybridized carbons (Fsp3) is 0.192. The van der Waals surface area contributed by atoms with Gasteiger partial charge in [0.05, 0.1) is 6.04 Å². The third-order valence-corrected chi connectivity index (χ3v) is 6.03. The summed E-state index contributed by atoms with van der Waals surface area (Å²) >= 11 is 0. The average Bonchev–Trinajstić information content (AvgIpc) is 3.32. The molecule has 2 aromatic heterocycles. The molecule has 1 aliphatic rings. The maximum Gasteiger partial charge on any atom is 0.273 e. The highest BCUT2D eigenvalue weighted by atomic mass is 16.3. The van der Waals surface area contributed by atoms with Gasteiger partial charge in [-0.05, 0) is 55.2 Å². The zero-order valence-electron chi connectivity index (χ0n) is 18.3. The normalized spacial score (nSPS) is 15.3. The number of aromatic hydroxyl groups is 1. The lowest BCUT2D eigenvalue weighted by Gasteiger charge is -2.26. The van der Waals surface area contributed by atoms with Gasteiger partial charge in [0.2, 0.25) is 0 Å². The van der Waals surface area contributed by atoms with Crippen molar-refractivity contribution < 1.29 is 9.90 Å². The van der Waals surface area contributed by atoms with Gasteiger partial charge in [0.25, 0.3) is 5.91 Å². The van der Waals surface area contributed by atoms with E-state index in [1.54, 1.807) is 12.4 Å². The number of aromatic nitrogens is 3. The van der Waals surface area contributed by atoms with Crippen molar-refractivity contribution >= 4 is 5.91 Å². The van der Waals surface area contributed by atoms with E-state index in [0.29, 0.717) is 23.5 Å². The lowest BCUT2D eigenvalue weighted by molar-refractivity contribution is 0.0730. The molecule has 4 aromatic rings. The minimum Gasteiger partial charge on any atom is -0.507 e. The highest BCUT2D eigenvalue weighted by Gasteiger charge is 2.42. The number of aromatic amines is 1. The van der Waals surface area contributed by atoms with E-state index in [2.05, 4.69) is 27.3 Å². The first-order valence-corrected chi connectivity index (χ1v) is 10.6. The second-order valence-electron chi connectivity index (χ2n) is 8.45. The summed E-state index contributed by atoms with van der Waals surface area (Å²) in [5.41, 5.74) is 7.40. The number of carbonyl (C=O) groups is 1. The molecule has 1 unspecified atom stereocenters. The molecule has 5 rings (SSSR count). The number of phenolic OH excluding ortho intramolecular Hbond substituents is 1. The van der Waals surface area contributed by atoms with Gasteiger partial charge in [0.1, 0.15) is 17.1 Å². The van der Waals surface area contributed by atoms with Gasteiger partial charge in [0.15, 0.2) is 0 Å². The molecular weight excluding hydrogens is 400 g/mol. The summed E-state index contributed by atoms with van der Waals surface area (Å²) in [5.74, 6) is 0.0720. The van der Waals surface area contributed by atoms with Crippen molar-refractivity contribution in [2.75, 3.05) is 0 Å². The van der Waals surface area contributed by atoms with Crippen molar-refractivity contribution in [3.63, 3.8) is 0 Å². The first kappa shape index (κ1) is 20.0. The molecule has 32 heavy (non-hydrogen) atoms. The molecule has 1 atom stereocenters. The molecule has 160 valence electrons. The highest BCUT2D eigenvalue weighted by molar-refractivity contribution is 6.00. The Morgan fingerprint density at radius 3 is 2.56 bits per heavy atom. The maximum atomic E-state index is 13.5. The SMILES string of the molecule is Cc1ccc(C2c3c(-c4cc(C)cc(C)c4O)n[nH]c3C(=O)N2Cc2cccnc2)cc1. The van der Waals surface area contributed by atoms with Crippen molar-refractivity contribution in [2.24, 2.45) is 0 Å². The van der Waals surface area contributed by atoms with Crippen LogP contribution in [-0.4, -0.2) is 31.1 Å². The van der Waals surface area contributed by atoms with Gasteiger partial charge < -0.3 is 10.0 Å². The third kappa shape index (κ3) is 3.24. The molecule has 0 radical (unpaired) electrons. The van der Waals surface area contributed by atoms with Crippen molar-refractivity contribution in [1.82, 2.24) is 20.1 Å². The summed E-state index contributed by atoms with van der Waals surface area (Å²) in [4.78, 5) is 19.5. The predicted molar refractivity (Wildman–Crippen MR) is 122 cm³/mol. The molecule has 2 N–H and O–H groups in total. The lowest BCUT2D eigenvalue weighted by Crippen LogP contribution is -2.29. The predicted octanol–water partition coefficient (Wildman–Crippen LogP) is 4.85. The van der Waals surface area contributed by atoms with E-state index >= 15 is 0 Å². The van der Waals surface area contributed by atoms with E-state index < -0.39 is 0 Å². The number of benzene rings is 2. The molecule has 3 heterocycles. The van der Waals surface area contributed by atoms with Crippen LogP contribution in [0.25, 0.3) is 11.3 Å². The van der Waals surface area contributed by atoms with E-state index in [1.165, 1.54) is 0 Å². The van der Waals surface area contributed by atoms with Crippen molar-refractivity contribution in [2.45, 2.75) is 33.4 Å². The first-order valence-electron chi connectivity index (χ1n) is 10.6. The smallest absolute Gasteiger partial charge is 0.273 e. The van der Waals surface area contributed by atoms with Crippen LogP contribution in [-0.2, 0) is 6.54 Å². The Hall–Kier alpha value is -3.93. The molecule has 0 saturated heterocycles. The van der Waals surface area contributed by atoms with E-state index in [1.807, 2.05) is 62.1 Å². The first-order chi connectivity index (χ1) is 15.4. The molecule has 6 heteroatoms. The number of amides is 1. The van der Waals surface area contributed by atoms with Gasteiger partial charge in [-0.2, -0.15) is 5.10 Å². The van der Waals surface area contributed by atoms with Gasteiger partial charge in [-0.25, -0.2) is 0 Å². The number of nitrogens with zero attached hydrogens (tertiary/aromatic N) is 3. The summed E-state index contributed by atoms with van der Waals surface area (Å²) in [6, 6.07) is 15.6. The minimum absolute atomic E-state index is 0.114. The van der Waals surface area contributed by atoms with Gasteiger partial charge >= 0.3 is 0 Å². The molecule has 2 aromatic carbocycles. The zero-order chi connectivity index (χ0) is 22.4. The van der Waals surface area contributed by atoms with Crippen molar-refractivity contribution in [3.05, 3.63) is 100.0 Å². The Labute approximate surface area is 186 Å². The van der Waals surface area contributed by atoms with Crippen LogP contribution < -0.4 is 0 Å². The van der Waals surface area contributed by atoms with Crippen LogP contribution in [0.3, 0.4) is 0 Å². The number of nitrogens with one attached hydrogen (secondary N) is 1. The lowest BCUT2D eigenvalue weighted by atomic mass is 9.93. The molecule has 6 nitrogen and oxygen atoms in total. The van der Waals surface area contributed by atoms with Crippen LogP contribution in [0.2, 0.25) is 0 Å². The number of hydrogen-bond donors (Lipinski definition) is 2. The highest BCUT2D eigenvalue weighted by Crippen LogP contribution is 2.45. The monoisotopic (exact) mass is 424 g/mol. The molecule has 0 saturated carbocycles. The number of aryl methyl sites for hydroxylation is 3. The summed E-state index contributed by atoms with van der Waals surface area (Å²) in [7, 11) is 0. The second-order valence-corrected chi connectivity index (χ2v) is 8.45. The Bertz CT molecular complexity index is 1310.